The van der Waals surface area contributed by atoms with Crippen LogP contribution in [0.25, 0.3) is 0 Å². The second-order valence-corrected chi connectivity index (χ2v) is 4.58. The predicted octanol–water partition coefficient (Wildman–Crippen LogP) is 2.18. The summed E-state index contributed by atoms with van der Waals surface area (Å²) in [7, 11) is 0. The third-order valence-electron chi connectivity index (χ3n) is 3.18. The number of hydrogen-bond acceptors (Lipinski definition) is 5. The third kappa shape index (κ3) is 2.20. The van der Waals surface area contributed by atoms with Gasteiger partial charge in [0.15, 0.2) is 0 Å². The number of alkyl halides is 1. The van der Waals surface area contributed by atoms with Gasteiger partial charge < -0.3 is 5.32 Å². The lowest BCUT2D eigenvalue weighted by Crippen LogP contribution is -2.34. The van der Waals surface area contributed by atoms with Crippen LogP contribution in [0.3, 0.4) is 0 Å². The van der Waals surface area contributed by atoms with Gasteiger partial charge in [-0.05, 0) is 18.2 Å². The number of hydrogen-bond donors (Lipinski definition) is 1. The third-order valence-corrected chi connectivity index (χ3v) is 3.18. The van der Waals surface area contributed by atoms with E-state index in [0.717, 1.165) is 6.21 Å². The molecule has 1 aromatic heterocycles. The summed E-state index contributed by atoms with van der Waals surface area (Å²) in [6, 6.07) is 8.23. The number of rotatable bonds is 2. The first kappa shape index (κ1) is 13.8. The van der Waals surface area contributed by atoms with Crippen molar-refractivity contribution in [2.45, 2.75) is 5.79 Å². The molecule has 0 radical (unpaired) electrons. The lowest BCUT2D eigenvalue weighted by atomic mass is 10.1. The molecule has 0 aliphatic carbocycles. The molecule has 3 rings (SSSR count). The highest BCUT2D eigenvalue weighted by Gasteiger charge is 2.43. The fraction of sp³-hybridized carbons (Fsp3) is 0.0714. The molecule has 0 saturated heterocycles. The molecule has 2 aromatic rings. The highest BCUT2D eigenvalue weighted by Crippen LogP contribution is 2.32. The van der Waals surface area contributed by atoms with Gasteiger partial charge in [-0.15, -0.1) is 0 Å². The molecular formula is C14H9FN4O3. The number of anilines is 1. The average molecular weight is 300 g/mol. The van der Waals surface area contributed by atoms with Crippen molar-refractivity contribution in [1.29, 1.82) is 0 Å². The number of halogens is 1. The lowest BCUT2D eigenvalue weighted by Gasteiger charge is -2.17. The molecule has 1 aliphatic heterocycles. The van der Waals surface area contributed by atoms with Gasteiger partial charge in [-0.2, -0.15) is 4.39 Å². The van der Waals surface area contributed by atoms with Crippen LogP contribution in [-0.4, -0.2) is 22.0 Å². The van der Waals surface area contributed by atoms with Crippen LogP contribution in [0.5, 0.6) is 0 Å². The summed E-state index contributed by atoms with van der Waals surface area (Å²) in [6.45, 7) is 0. The number of aromatic nitrogens is 1. The largest absolute Gasteiger partial charge is 0.321 e. The van der Waals surface area contributed by atoms with E-state index in [1.54, 1.807) is 6.07 Å². The first-order chi connectivity index (χ1) is 10.5. The van der Waals surface area contributed by atoms with Gasteiger partial charge >= 0.3 is 5.79 Å². The van der Waals surface area contributed by atoms with Crippen molar-refractivity contribution in [3.63, 3.8) is 0 Å². The fourth-order valence-corrected chi connectivity index (χ4v) is 2.05. The standard InChI is InChI=1S/C14H9FN4O3/c15-14(12-3-1-2-6-16-12)13(20)18-11-5-4-10(19(21)22)7-9(11)8-17-14/h1-8H,(H,18,20). The van der Waals surface area contributed by atoms with Crippen molar-refractivity contribution in [1.82, 2.24) is 4.98 Å². The van der Waals surface area contributed by atoms with E-state index in [-0.39, 0.29) is 22.6 Å². The van der Waals surface area contributed by atoms with E-state index in [2.05, 4.69) is 15.3 Å². The maximum atomic E-state index is 15.0. The van der Waals surface area contributed by atoms with E-state index in [4.69, 9.17) is 0 Å². The Kier molecular flexibility index (Phi) is 3.13. The highest BCUT2D eigenvalue weighted by atomic mass is 19.1. The second-order valence-electron chi connectivity index (χ2n) is 4.58. The molecule has 7 nitrogen and oxygen atoms in total. The molecule has 0 spiro atoms. The van der Waals surface area contributed by atoms with Crippen molar-refractivity contribution in [2.75, 3.05) is 5.32 Å². The maximum Gasteiger partial charge on any atom is 0.321 e. The summed E-state index contributed by atoms with van der Waals surface area (Å²) in [5.74, 6) is -3.69. The molecule has 1 aliphatic rings. The smallest absolute Gasteiger partial charge is 0.321 e. The monoisotopic (exact) mass is 300 g/mol. The molecule has 8 heteroatoms. The van der Waals surface area contributed by atoms with E-state index in [1.165, 1.54) is 36.5 Å². The van der Waals surface area contributed by atoms with E-state index < -0.39 is 16.6 Å². The highest BCUT2D eigenvalue weighted by molar-refractivity contribution is 6.05. The van der Waals surface area contributed by atoms with E-state index >= 15 is 0 Å². The number of benzene rings is 1. The van der Waals surface area contributed by atoms with Gasteiger partial charge in [-0.3, -0.25) is 19.9 Å². The van der Waals surface area contributed by atoms with Crippen LogP contribution in [0.1, 0.15) is 11.3 Å². The van der Waals surface area contributed by atoms with Crippen LogP contribution in [0.2, 0.25) is 0 Å². The van der Waals surface area contributed by atoms with Crippen LogP contribution < -0.4 is 5.32 Å². The van der Waals surface area contributed by atoms with Gasteiger partial charge in [0, 0.05) is 30.1 Å². The molecule has 1 aromatic carbocycles. The van der Waals surface area contributed by atoms with Crippen LogP contribution in [0.15, 0.2) is 47.6 Å². The lowest BCUT2D eigenvalue weighted by molar-refractivity contribution is -0.384. The number of nitrogens with one attached hydrogen (secondary N) is 1. The summed E-state index contributed by atoms with van der Waals surface area (Å²) in [6.07, 6.45) is 2.44. The zero-order valence-corrected chi connectivity index (χ0v) is 11.1. The van der Waals surface area contributed by atoms with Gasteiger partial charge in [0.25, 0.3) is 11.6 Å². The molecule has 1 amide bonds. The molecule has 22 heavy (non-hydrogen) atoms. The van der Waals surface area contributed by atoms with E-state index in [9.17, 15) is 19.3 Å². The molecule has 0 saturated carbocycles. The Morgan fingerprint density at radius 1 is 1.27 bits per heavy atom. The van der Waals surface area contributed by atoms with Gasteiger partial charge in [0.2, 0.25) is 0 Å². The van der Waals surface area contributed by atoms with Crippen molar-refractivity contribution < 1.29 is 14.1 Å². The maximum absolute atomic E-state index is 15.0. The normalized spacial score (nSPS) is 20.0. The summed E-state index contributed by atoms with van der Waals surface area (Å²) in [5.41, 5.74) is 0.155. The second kappa shape index (κ2) is 4.99. The summed E-state index contributed by atoms with van der Waals surface area (Å²) >= 11 is 0. The number of nitro groups is 1. The number of aliphatic imine (C=N–C) groups is 1. The van der Waals surface area contributed by atoms with Gasteiger partial charge in [-0.25, -0.2) is 4.99 Å². The van der Waals surface area contributed by atoms with Gasteiger partial charge in [-0.1, -0.05) is 6.07 Å². The Hall–Kier alpha value is -3.16. The number of amides is 1. The number of non-ortho nitro benzene ring substituents is 1. The fourth-order valence-electron chi connectivity index (χ4n) is 2.05. The van der Waals surface area contributed by atoms with Crippen LogP contribution in [-0.2, 0) is 10.6 Å². The number of nitrogens with zero attached hydrogens (tertiary/aromatic N) is 3. The Morgan fingerprint density at radius 3 is 2.77 bits per heavy atom. The van der Waals surface area contributed by atoms with Crippen LogP contribution in [0, 0.1) is 10.1 Å². The molecular weight excluding hydrogens is 291 g/mol. The quantitative estimate of drug-likeness (QED) is 0.522. The molecule has 1 N–H and O–H groups in total. The zero-order chi connectivity index (χ0) is 15.7. The number of pyridine rings is 1. The summed E-state index contributed by atoms with van der Waals surface area (Å²) < 4.78 is 15.0. The molecule has 0 bridgehead atoms. The van der Waals surface area contributed by atoms with Crippen molar-refractivity contribution in [3.8, 4) is 0 Å². The van der Waals surface area contributed by atoms with Crippen molar-refractivity contribution >= 4 is 23.5 Å². The SMILES string of the molecule is O=C1Nc2ccc([N+](=O)[O-])cc2C=NC1(F)c1ccccn1. The van der Waals surface area contributed by atoms with Crippen LogP contribution in [0.4, 0.5) is 15.8 Å². The minimum absolute atomic E-state index is 0.161. The first-order valence-corrected chi connectivity index (χ1v) is 6.26. The Morgan fingerprint density at radius 2 is 2.09 bits per heavy atom. The predicted molar refractivity (Wildman–Crippen MR) is 76.3 cm³/mol. The molecule has 110 valence electrons. The number of nitro benzene ring substituents is 1. The van der Waals surface area contributed by atoms with E-state index in [1.807, 2.05) is 0 Å². The van der Waals surface area contributed by atoms with Gasteiger partial charge in [0.05, 0.1) is 10.6 Å². The van der Waals surface area contributed by atoms with E-state index in [0.29, 0.717) is 0 Å². The number of carbonyl (C=O) groups is 1. The average Bonchev–Trinajstić information content (AvgIpc) is 2.66. The Balaban J connectivity index is 2.08. The molecule has 1 atom stereocenters. The Labute approximate surface area is 123 Å². The minimum atomic E-state index is -2.69. The topological polar surface area (TPSA) is 97.5 Å². The molecule has 2 heterocycles. The zero-order valence-electron chi connectivity index (χ0n) is 11.1. The number of benzodiazepines with no additional fused rings is 1. The van der Waals surface area contributed by atoms with Crippen LogP contribution >= 0.6 is 0 Å². The Bertz CT molecular complexity index is 794. The molecule has 0 fully saturated rings. The molecule has 1 unspecified atom stereocenters. The number of fused-ring (bicyclic) bond motifs is 1. The van der Waals surface area contributed by atoms with Gasteiger partial charge in [0.1, 0.15) is 5.69 Å². The summed E-state index contributed by atoms with van der Waals surface area (Å²) in [4.78, 5) is 29.8. The summed E-state index contributed by atoms with van der Waals surface area (Å²) in [5, 5.41) is 13.2. The number of carbonyl (C=O) groups excluding carboxylic acids is 1. The van der Waals surface area contributed by atoms with Crippen molar-refractivity contribution in [2.24, 2.45) is 4.99 Å². The minimum Gasteiger partial charge on any atom is -0.321 e. The van der Waals surface area contributed by atoms with Crippen molar-refractivity contribution in [3.05, 3.63) is 64.0 Å². The first-order valence-electron chi connectivity index (χ1n) is 6.26.